The van der Waals surface area contributed by atoms with E-state index in [0.717, 1.165) is 0 Å². The van der Waals surface area contributed by atoms with Crippen LogP contribution in [-0.2, 0) is 0 Å². The van der Waals surface area contributed by atoms with E-state index in [1.807, 2.05) is 0 Å². The molecule has 0 aromatic heterocycles. The van der Waals surface area contributed by atoms with Crippen molar-refractivity contribution in [3.63, 3.8) is 0 Å². The molecule has 0 aliphatic rings. The van der Waals surface area contributed by atoms with Gasteiger partial charge < -0.3 is 5.43 Å². The van der Waals surface area contributed by atoms with E-state index in [0.29, 0.717) is 5.69 Å². The Labute approximate surface area is 78.9 Å². The predicted octanol–water partition coefficient (Wildman–Crippen LogP) is 2.47. The monoisotopic (exact) mass is 240 g/mol. The molecular weight excluding hydrogens is 234 g/mol. The van der Waals surface area contributed by atoms with Crippen molar-refractivity contribution in [1.82, 2.24) is 4.45 Å². The highest BCUT2D eigenvalue weighted by Crippen LogP contribution is 2.10. The van der Waals surface area contributed by atoms with Crippen LogP contribution >= 0.6 is 28.6 Å². The molecule has 1 aromatic rings. The lowest BCUT2D eigenvalue weighted by atomic mass is 10.3. The van der Waals surface area contributed by atoms with E-state index in [9.17, 15) is 4.39 Å². The van der Waals surface area contributed by atoms with Crippen molar-refractivity contribution in [2.24, 2.45) is 0 Å². The predicted molar refractivity (Wildman–Crippen MR) is 49.3 cm³/mol. The first-order valence-corrected chi connectivity index (χ1v) is 3.50. The number of nitrogens with one attached hydrogen (secondary N) is 2. The van der Waals surface area contributed by atoms with Crippen molar-refractivity contribution in [1.29, 1.82) is 0 Å². The molecule has 0 saturated heterocycles. The summed E-state index contributed by atoms with van der Waals surface area (Å²) in [4.78, 5) is 0. The number of benzene rings is 1. The molecule has 5 heteroatoms. The van der Waals surface area contributed by atoms with Gasteiger partial charge in [-0.05, 0) is 12.1 Å². The Hall–Kier alpha value is -0.320. The lowest BCUT2D eigenvalue weighted by molar-refractivity contribution is 0.630. The lowest BCUT2D eigenvalue weighted by Crippen LogP contribution is -2.08. The molecule has 0 fully saturated rings. The molecule has 1 aromatic carbocycles. The number of halogens is 3. The van der Waals surface area contributed by atoms with Gasteiger partial charge in [0, 0.05) is 16.1 Å². The molecule has 0 unspecified atom stereocenters. The van der Waals surface area contributed by atoms with Crippen LogP contribution in [0.2, 0.25) is 0 Å². The van der Waals surface area contributed by atoms with Crippen LogP contribution < -0.4 is 9.88 Å². The maximum atomic E-state index is 12.7. The van der Waals surface area contributed by atoms with Crippen LogP contribution in [0.4, 0.5) is 10.1 Å². The largest absolute Gasteiger partial charge is 0.309 e. The van der Waals surface area contributed by atoms with E-state index in [1.54, 1.807) is 18.2 Å². The van der Waals surface area contributed by atoms with Gasteiger partial charge in [-0.25, -0.2) is 4.39 Å². The zero-order valence-corrected chi connectivity index (χ0v) is 7.88. The number of anilines is 1. The molecule has 2 nitrogen and oxygen atoms in total. The van der Waals surface area contributed by atoms with E-state index in [4.69, 9.17) is 0 Å². The standard InChI is InChI=1S/C6H6BrFN2.ClH/c7-10-9-6-4-2-1-3-5(6)8;/h1-4,9-10H;1H. The second-order valence-electron chi connectivity index (χ2n) is 1.70. The summed E-state index contributed by atoms with van der Waals surface area (Å²) < 4.78 is 15.1. The second kappa shape index (κ2) is 5.35. The summed E-state index contributed by atoms with van der Waals surface area (Å²) in [5.74, 6) is -0.283. The normalized spacial score (nSPS) is 8.55. The van der Waals surface area contributed by atoms with Gasteiger partial charge in [-0.1, -0.05) is 12.1 Å². The van der Waals surface area contributed by atoms with E-state index in [-0.39, 0.29) is 18.2 Å². The first-order chi connectivity index (χ1) is 4.84. The van der Waals surface area contributed by atoms with Gasteiger partial charge in [-0.3, -0.25) is 0 Å². The fraction of sp³-hybridized carbons (Fsp3) is 0. The Morgan fingerprint density at radius 2 is 1.91 bits per heavy atom. The van der Waals surface area contributed by atoms with Crippen molar-refractivity contribution in [3.05, 3.63) is 30.1 Å². The zero-order chi connectivity index (χ0) is 7.40. The highest BCUT2D eigenvalue weighted by molar-refractivity contribution is 9.08. The third-order valence-electron chi connectivity index (χ3n) is 1.06. The first-order valence-electron chi connectivity index (χ1n) is 2.71. The number of hydrogen-bond donors (Lipinski definition) is 2. The summed E-state index contributed by atoms with van der Waals surface area (Å²) in [6.45, 7) is 0. The SMILES string of the molecule is Cl.Fc1ccccc1NNBr. The average Bonchev–Trinajstić information content (AvgIpc) is 1.94. The molecule has 0 radical (unpaired) electrons. The third-order valence-corrected chi connectivity index (χ3v) is 1.25. The molecule has 0 heterocycles. The Kier molecular flexibility index (Phi) is 5.19. The van der Waals surface area contributed by atoms with Crippen LogP contribution in [0.5, 0.6) is 0 Å². The van der Waals surface area contributed by atoms with Crippen molar-refractivity contribution in [3.8, 4) is 0 Å². The minimum atomic E-state index is -0.283. The van der Waals surface area contributed by atoms with E-state index < -0.39 is 0 Å². The average molecular weight is 241 g/mol. The van der Waals surface area contributed by atoms with Crippen molar-refractivity contribution < 1.29 is 4.39 Å². The molecule has 62 valence electrons. The van der Waals surface area contributed by atoms with Gasteiger partial charge in [-0.2, -0.15) is 4.45 Å². The van der Waals surface area contributed by atoms with Gasteiger partial charge in [-0.15, -0.1) is 12.4 Å². The van der Waals surface area contributed by atoms with Gasteiger partial charge in [0.05, 0.1) is 5.69 Å². The van der Waals surface area contributed by atoms with Crippen LogP contribution in [0.15, 0.2) is 24.3 Å². The summed E-state index contributed by atoms with van der Waals surface area (Å²) >= 11 is 2.89. The molecule has 0 atom stereocenters. The molecular formula is C6H7BrClFN2. The molecule has 0 amide bonds. The quantitative estimate of drug-likeness (QED) is 0.614. The molecule has 11 heavy (non-hydrogen) atoms. The Bertz CT molecular complexity index is 221. The van der Waals surface area contributed by atoms with Gasteiger partial charge in [0.25, 0.3) is 0 Å². The van der Waals surface area contributed by atoms with E-state index >= 15 is 0 Å². The fourth-order valence-corrected chi connectivity index (χ4v) is 0.827. The van der Waals surface area contributed by atoms with Crippen molar-refractivity contribution >= 4 is 34.2 Å². The molecule has 0 aliphatic heterocycles. The van der Waals surface area contributed by atoms with E-state index in [1.165, 1.54) is 6.07 Å². The molecule has 0 spiro atoms. The van der Waals surface area contributed by atoms with Crippen LogP contribution in [0.3, 0.4) is 0 Å². The summed E-state index contributed by atoms with van der Waals surface area (Å²) in [6, 6.07) is 6.39. The summed E-state index contributed by atoms with van der Waals surface area (Å²) in [5.41, 5.74) is 2.98. The molecule has 0 aliphatic carbocycles. The van der Waals surface area contributed by atoms with E-state index in [2.05, 4.69) is 26.0 Å². The smallest absolute Gasteiger partial charge is 0.147 e. The van der Waals surface area contributed by atoms with Crippen LogP contribution in [0.1, 0.15) is 0 Å². The van der Waals surface area contributed by atoms with Gasteiger partial charge in [0.2, 0.25) is 0 Å². The summed E-state index contributed by atoms with van der Waals surface area (Å²) in [5, 5.41) is 0. The Balaban J connectivity index is 0.000001000. The van der Waals surface area contributed by atoms with Crippen molar-refractivity contribution in [2.75, 3.05) is 5.43 Å². The van der Waals surface area contributed by atoms with Crippen molar-refractivity contribution in [2.45, 2.75) is 0 Å². The van der Waals surface area contributed by atoms with Gasteiger partial charge in [0.15, 0.2) is 0 Å². The summed E-state index contributed by atoms with van der Waals surface area (Å²) in [7, 11) is 0. The minimum absolute atomic E-state index is 0. The van der Waals surface area contributed by atoms with Gasteiger partial charge in [0.1, 0.15) is 5.82 Å². The number of hydrogen-bond acceptors (Lipinski definition) is 2. The minimum Gasteiger partial charge on any atom is -0.309 e. The Morgan fingerprint density at radius 1 is 1.27 bits per heavy atom. The molecule has 2 N–H and O–H groups in total. The summed E-state index contributed by atoms with van der Waals surface area (Å²) in [6.07, 6.45) is 0. The topological polar surface area (TPSA) is 24.1 Å². The first kappa shape index (κ1) is 10.7. The highest BCUT2D eigenvalue weighted by atomic mass is 79.9. The molecule has 0 saturated carbocycles. The maximum absolute atomic E-state index is 12.7. The fourth-order valence-electron chi connectivity index (χ4n) is 0.613. The lowest BCUT2D eigenvalue weighted by Gasteiger charge is -2.01. The highest BCUT2D eigenvalue weighted by Gasteiger charge is 1.95. The van der Waals surface area contributed by atoms with Crippen LogP contribution in [0, 0.1) is 5.82 Å². The van der Waals surface area contributed by atoms with Gasteiger partial charge >= 0.3 is 0 Å². The molecule has 0 bridgehead atoms. The third kappa shape index (κ3) is 3.05. The maximum Gasteiger partial charge on any atom is 0.147 e. The Morgan fingerprint density at radius 3 is 2.45 bits per heavy atom. The second-order valence-corrected chi connectivity index (χ2v) is 2.10. The number of rotatable bonds is 2. The zero-order valence-electron chi connectivity index (χ0n) is 5.47. The van der Waals surface area contributed by atoms with Crippen LogP contribution in [0.25, 0.3) is 0 Å². The van der Waals surface area contributed by atoms with Crippen LogP contribution in [-0.4, -0.2) is 0 Å². The number of hydrazine groups is 1. The number of para-hydroxylation sites is 1. The molecule has 1 rings (SSSR count).